The summed E-state index contributed by atoms with van der Waals surface area (Å²) >= 11 is 5.50. The zero-order valence-electron chi connectivity index (χ0n) is 17.3. The van der Waals surface area contributed by atoms with Crippen LogP contribution in [0.4, 0.5) is 17.1 Å². The minimum atomic E-state index is -3.05. The number of ether oxygens (including phenoxy) is 1. The lowest BCUT2D eigenvalue weighted by Crippen LogP contribution is -2.15. The van der Waals surface area contributed by atoms with E-state index in [4.69, 9.17) is 16.3 Å². The number of halogens is 1. The summed E-state index contributed by atoms with van der Waals surface area (Å²) in [7, 11) is -1.41. The normalized spacial score (nSPS) is 11.8. The Balaban J connectivity index is 2.00. The summed E-state index contributed by atoms with van der Waals surface area (Å²) in [5.41, 5.74) is 5.54. The van der Waals surface area contributed by atoms with Crippen molar-refractivity contribution >= 4 is 38.5 Å². The van der Waals surface area contributed by atoms with Gasteiger partial charge < -0.3 is 10.1 Å². The number of nitrogens with zero attached hydrogens (tertiary/aromatic N) is 2. The Hall–Kier alpha value is -2.12. The summed E-state index contributed by atoms with van der Waals surface area (Å²) in [6.45, 7) is 6.53. The fraction of sp³-hybridized carbons (Fsp3) is 0.429. The first-order valence-corrected chi connectivity index (χ1v) is 11.8. The van der Waals surface area contributed by atoms with Crippen molar-refractivity contribution in [3.8, 4) is 5.75 Å². The highest BCUT2D eigenvalue weighted by atomic mass is 35.5. The minimum Gasteiger partial charge on any atom is -0.496 e. The SMILES string of the molecule is COc1cc(N=Nc2ccc(NCCCS(=O)(=O)CCCl)cc2C)c(C)cc1C. The van der Waals surface area contributed by atoms with Crippen molar-refractivity contribution in [3.05, 3.63) is 47.0 Å². The molecule has 0 amide bonds. The van der Waals surface area contributed by atoms with Gasteiger partial charge in [-0.2, -0.15) is 10.2 Å². The van der Waals surface area contributed by atoms with Gasteiger partial charge >= 0.3 is 0 Å². The number of rotatable bonds is 10. The molecular formula is C21H28ClN3O3S. The molecule has 2 aromatic carbocycles. The maximum Gasteiger partial charge on any atom is 0.151 e. The molecule has 2 rings (SSSR count). The third-order valence-corrected chi connectivity index (χ3v) is 6.67. The van der Waals surface area contributed by atoms with Crippen molar-refractivity contribution < 1.29 is 13.2 Å². The fourth-order valence-corrected chi connectivity index (χ4v) is 4.61. The maximum absolute atomic E-state index is 11.7. The molecule has 0 radical (unpaired) electrons. The molecule has 6 nitrogen and oxygen atoms in total. The number of alkyl halides is 1. The molecule has 0 saturated heterocycles. The molecule has 0 aliphatic heterocycles. The van der Waals surface area contributed by atoms with Crippen LogP contribution in [-0.4, -0.2) is 39.5 Å². The molecular weight excluding hydrogens is 410 g/mol. The highest BCUT2D eigenvalue weighted by Crippen LogP contribution is 2.31. The summed E-state index contributed by atoms with van der Waals surface area (Å²) in [4.78, 5) is 0. The van der Waals surface area contributed by atoms with Gasteiger partial charge in [-0.05, 0) is 62.1 Å². The van der Waals surface area contributed by atoms with Gasteiger partial charge in [0, 0.05) is 24.2 Å². The Morgan fingerprint density at radius 2 is 1.66 bits per heavy atom. The second-order valence-electron chi connectivity index (χ2n) is 6.93. The Labute approximate surface area is 178 Å². The van der Waals surface area contributed by atoms with Crippen LogP contribution < -0.4 is 10.1 Å². The number of anilines is 1. The van der Waals surface area contributed by atoms with Gasteiger partial charge in [0.05, 0.1) is 30.0 Å². The average Bonchev–Trinajstić information content (AvgIpc) is 2.65. The summed E-state index contributed by atoms with van der Waals surface area (Å²) < 4.78 is 28.7. The first kappa shape index (κ1) is 23.2. The van der Waals surface area contributed by atoms with E-state index in [1.54, 1.807) is 7.11 Å². The van der Waals surface area contributed by atoms with Crippen LogP contribution in [0.15, 0.2) is 40.6 Å². The smallest absolute Gasteiger partial charge is 0.151 e. The lowest BCUT2D eigenvalue weighted by atomic mass is 10.1. The minimum absolute atomic E-state index is 0.0275. The number of hydrogen-bond donors (Lipinski definition) is 1. The van der Waals surface area contributed by atoms with Gasteiger partial charge in [-0.15, -0.1) is 11.6 Å². The molecule has 0 aliphatic carbocycles. The second kappa shape index (κ2) is 10.6. The molecule has 8 heteroatoms. The first-order valence-electron chi connectivity index (χ1n) is 9.43. The summed E-state index contributed by atoms with van der Waals surface area (Å²) in [5.74, 6) is 1.09. The molecule has 0 bridgehead atoms. The van der Waals surface area contributed by atoms with Crippen LogP contribution in [0.2, 0.25) is 0 Å². The molecule has 1 N–H and O–H groups in total. The van der Waals surface area contributed by atoms with Gasteiger partial charge in [-0.25, -0.2) is 8.42 Å². The predicted molar refractivity (Wildman–Crippen MR) is 120 cm³/mol. The average molecular weight is 438 g/mol. The summed E-state index contributed by atoms with van der Waals surface area (Å²) in [6.07, 6.45) is 0.536. The zero-order chi connectivity index (χ0) is 21.4. The summed E-state index contributed by atoms with van der Waals surface area (Å²) in [6, 6.07) is 9.70. The van der Waals surface area contributed by atoms with Crippen molar-refractivity contribution in [2.24, 2.45) is 10.2 Å². The largest absolute Gasteiger partial charge is 0.496 e. The highest BCUT2D eigenvalue weighted by molar-refractivity contribution is 7.91. The first-order chi connectivity index (χ1) is 13.8. The van der Waals surface area contributed by atoms with Gasteiger partial charge in [0.25, 0.3) is 0 Å². The summed E-state index contributed by atoms with van der Waals surface area (Å²) in [5, 5.41) is 12.0. The monoisotopic (exact) mass is 437 g/mol. The number of azo groups is 1. The molecule has 0 aliphatic rings. The van der Waals surface area contributed by atoms with E-state index in [0.29, 0.717) is 13.0 Å². The van der Waals surface area contributed by atoms with E-state index in [-0.39, 0.29) is 17.4 Å². The van der Waals surface area contributed by atoms with E-state index in [2.05, 4.69) is 15.5 Å². The van der Waals surface area contributed by atoms with Crippen LogP contribution in [0.25, 0.3) is 0 Å². The van der Waals surface area contributed by atoms with Gasteiger partial charge in [-0.1, -0.05) is 6.07 Å². The third-order valence-electron chi connectivity index (χ3n) is 4.53. The molecule has 0 spiro atoms. The number of sulfone groups is 1. The van der Waals surface area contributed by atoms with Crippen molar-refractivity contribution in [2.45, 2.75) is 27.2 Å². The molecule has 0 saturated carbocycles. The quantitative estimate of drug-likeness (QED) is 0.302. The number of hydrogen-bond acceptors (Lipinski definition) is 6. The third kappa shape index (κ3) is 7.01. The predicted octanol–water partition coefficient (Wildman–Crippen LogP) is 5.49. The molecule has 0 atom stereocenters. The van der Waals surface area contributed by atoms with E-state index in [1.807, 2.05) is 51.1 Å². The number of nitrogens with one attached hydrogen (secondary N) is 1. The molecule has 0 aromatic heterocycles. The molecule has 2 aromatic rings. The zero-order valence-corrected chi connectivity index (χ0v) is 18.9. The van der Waals surface area contributed by atoms with E-state index in [9.17, 15) is 8.42 Å². The topological polar surface area (TPSA) is 80.1 Å². The van der Waals surface area contributed by atoms with Crippen LogP contribution >= 0.6 is 11.6 Å². The van der Waals surface area contributed by atoms with Gasteiger partial charge in [0.2, 0.25) is 0 Å². The standard InChI is InChI=1S/C21H28ClN3O3S/c1-15-12-17(3)21(28-4)14-20(15)25-24-19-7-6-18(13-16(19)2)23-9-5-10-29(26,27)11-8-22/h6-7,12-14,23H,5,8-11H2,1-4H3. The van der Waals surface area contributed by atoms with Crippen molar-refractivity contribution in [3.63, 3.8) is 0 Å². The maximum atomic E-state index is 11.7. The number of aryl methyl sites for hydroxylation is 3. The van der Waals surface area contributed by atoms with E-state index < -0.39 is 9.84 Å². The molecule has 0 heterocycles. The van der Waals surface area contributed by atoms with E-state index in [1.165, 1.54) is 0 Å². The number of benzene rings is 2. The van der Waals surface area contributed by atoms with E-state index >= 15 is 0 Å². The Bertz CT molecular complexity index is 975. The molecule has 0 fully saturated rings. The fourth-order valence-electron chi connectivity index (χ4n) is 2.88. The van der Waals surface area contributed by atoms with Crippen LogP contribution in [0.1, 0.15) is 23.1 Å². The number of methoxy groups -OCH3 is 1. The van der Waals surface area contributed by atoms with Crippen molar-refractivity contribution in [2.75, 3.05) is 36.4 Å². The van der Waals surface area contributed by atoms with Crippen LogP contribution in [0.3, 0.4) is 0 Å². The molecule has 158 valence electrons. The van der Waals surface area contributed by atoms with Crippen LogP contribution in [-0.2, 0) is 9.84 Å². The van der Waals surface area contributed by atoms with Crippen LogP contribution in [0.5, 0.6) is 5.75 Å². The Morgan fingerprint density at radius 1 is 0.966 bits per heavy atom. The molecule has 29 heavy (non-hydrogen) atoms. The Morgan fingerprint density at radius 3 is 2.31 bits per heavy atom. The van der Waals surface area contributed by atoms with Crippen molar-refractivity contribution in [1.82, 2.24) is 0 Å². The van der Waals surface area contributed by atoms with Crippen molar-refractivity contribution in [1.29, 1.82) is 0 Å². The highest BCUT2D eigenvalue weighted by Gasteiger charge is 2.09. The lowest BCUT2D eigenvalue weighted by molar-refractivity contribution is 0.411. The van der Waals surface area contributed by atoms with Gasteiger partial charge in [0.15, 0.2) is 9.84 Å². The van der Waals surface area contributed by atoms with E-state index in [0.717, 1.165) is 39.5 Å². The molecule has 0 unspecified atom stereocenters. The lowest BCUT2D eigenvalue weighted by Gasteiger charge is -2.09. The van der Waals surface area contributed by atoms with Gasteiger partial charge in [0.1, 0.15) is 5.75 Å². The van der Waals surface area contributed by atoms with Crippen LogP contribution in [0, 0.1) is 20.8 Å². The van der Waals surface area contributed by atoms with Gasteiger partial charge in [-0.3, -0.25) is 0 Å². The second-order valence-corrected chi connectivity index (χ2v) is 9.61. The Kier molecular flexibility index (Phi) is 8.46.